The molecule has 0 fully saturated rings. The molecule has 4 nitrogen and oxygen atoms in total. The zero-order chi connectivity index (χ0) is 13.7. The molecule has 0 spiro atoms. The van der Waals surface area contributed by atoms with Gasteiger partial charge in [-0.25, -0.2) is 14.8 Å². The summed E-state index contributed by atoms with van der Waals surface area (Å²) in [5.74, 6) is -0.394. The van der Waals surface area contributed by atoms with Gasteiger partial charge in [-0.1, -0.05) is 42.1 Å². The van der Waals surface area contributed by atoms with Crippen molar-refractivity contribution < 1.29 is 9.53 Å². The highest BCUT2D eigenvalue weighted by molar-refractivity contribution is 7.98. The van der Waals surface area contributed by atoms with Gasteiger partial charge in [-0.2, -0.15) is 0 Å². The third-order valence-electron chi connectivity index (χ3n) is 2.57. The number of aryl methyl sites for hydroxylation is 1. The molecule has 98 valence electrons. The molecule has 1 aromatic carbocycles. The fraction of sp³-hybridized carbons (Fsp3) is 0.214. The lowest BCUT2D eigenvalue weighted by atomic mass is 10.2. The van der Waals surface area contributed by atoms with Crippen LogP contribution >= 0.6 is 11.8 Å². The van der Waals surface area contributed by atoms with Gasteiger partial charge in [-0.3, -0.25) is 0 Å². The predicted octanol–water partition coefficient (Wildman–Crippen LogP) is 2.86. The lowest BCUT2D eigenvalue weighted by Crippen LogP contribution is -2.09. The molecule has 0 bridgehead atoms. The van der Waals surface area contributed by atoms with Crippen LogP contribution in [0.3, 0.4) is 0 Å². The van der Waals surface area contributed by atoms with Gasteiger partial charge in [0.2, 0.25) is 0 Å². The van der Waals surface area contributed by atoms with Gasteiger partial charge in [0.25, 0.3) is 0 Å². The number of thioether (sulfide) groups is 1. The molecular weight excluding hydrogens is 260 g/mol. The maximum Gasteiger partial charge on any atom is 0.341 e. The Bertz CT molecular complexity index is 573. The van der Waals surface area contributed by atoms with Gasteiger partial charge >= 0.3 is 5.97 Å². The van der Waals surface area contributed by atoms with E-state index in [1.165, 1.54) is 18.0 Å². The Morgan fingerprint density at radius 2 is 2.05 bits per heavy atom. The van der Waals surface area contributed by atoms with E-state index >= 15 is 0 Å². The lowest BCUT2D eigenvalue weighted by molar-refractivity contribution is 0.0470. The summed E-state index contributed by atoms with van der Waals surface area (Å²) in [5, 5.41) is 0.650. The van der Waals surface area contributed by atoms with Crippen molar-refractivity contribution >= 4 is 17.7 Å². The molecular formula is C14H14N2O2S. The summed E-state index contributed by atoms with van der Waals surface area (Å²) in [6.07, 6.45) is 3.41. The molecule has 0 aliphatic carbocycles. The summed E-state index contributed by atoms with van der Waals surface area (Å²) >= 11 is 1.44. The van der Waals surface area contributed by atoms with E-state index in [2.05, 4.69) is 9.97 Å². The van der Waals surface area contributed by atoms with Crippen LogP contribution in [-0.4, -0.2) is 22.2 Å². The minimum atomic E-state index is -0.394. The molecule has 0 aliphatic heterocycles. The van der Waals surface area contributed by atoms with Crippen molar-refractivity contribution in [2.24, 2.45) is 0 Å². The average Bonchev–Trinajstić information content (AvgIpc) is 2.45. The number of rotatable bonds is 4. The van der Waals surface area contributed by atoms with Crippen molar-refractivity contribution in [2.75, 3.05) is 6.26 Å². The van der Waals surface area contributed by atoms with Crippen molar-refractivity contribution in [1.82, 2.24) is 9.97 Å². The maximum atomic E-state index is 11.9. The second-order valence-electron chi connectivity index (χ2n) is 3.92. The summed E-state index contributed by atoms with van der Waals surface area (Å²) in [7, 11) is 0. The quantitative estimate of drug-likeness (QED) is 0.487. The first-order valence-corrected chi connectivity index (χ1v) is 7.02. The standard InChI is InChI=1S/C14H14N2O2S/c1-10-12(8-15-14(16-10)19-2)13(17)18-9-11-6-4-3-5-7-11/h3-8H,9H2,1-2H3. The minimum Gasteiger partial charge on any atom is -0.457 e. The zero-order valence-corrected chi connectivity index (χ0v) is 11.6. The van der Waals surface area contributed by atoms with Crippen molar-refractivity contribution in [3.63, 3.8) is 0 Å². The number of hydrogen-bond donors (Lipinski definition) is 0. The number of benzene rings is 1. The highest BCUT2D eigenvalue weighted by atomic mass is 32.2. The minimum absolute atomic E-state index is 0.253. The average molecular weight is 274 g/mol. The summed E-state index contributed by atoms with van der Waals surface area (Å²) in [4.78, 5) is 20.2. The molecule has 19 heavy (non-hydrogen) atoms. The summed E-state index contributed by atoms with van der Waals surface area (Å²) < 4.78 is 5.24. The van der Waals surface area contributed by atoms with Crippen molar-refractivity contribution in [3.8, 4) is 0 Å². The number of nitrogens with zero attached hydrogens (tertiary/aromatic N) is 2. The maximum absolute atomic E-state index is 11.9. The molecule has 1 aromatic heterocycles. The Morgan fingerprint density at radius 1 is 1.32 bits per heavy atom. The fourth-order valence-corrected chi connectivity index (χ4v) is 1.93. The highest BCUT2D eigenvalue weighted by Crippen LogP contribution is 2.13. The molecule has 0 amide bonds. The van der Waals surface area contributed by atoms with Crippen LogP contribution in [0.5, 0.6) is 0 Å². The third kappa shape index (κ3) is 3.54. The van der Waals surface area contributed by atoms with Crippen molar-refractivity contribution in [2.45, 2.75) is 18.7 Å². The van der Waals surface area contributed by atoms with Gasteiger partial charge in [0, 0.05) is 6.20 Å². The largest absolute Gasteiger partial charge is 0.457 e. The van der Waals surface area contributed by atoms with Crippen LogP contribution in [0, 0.1) is 6.92 Å². The van der Waals surface area contributed by atoms with Crippen LogP contribution in [0.25, 0.3) is 0 Å². The van der Waals surface area contributed by atoms with Crippen LogP contribution in [0.4, 0.5) is 0 Å². The first-order valence-electron chi connectivity index (χ1n) is 5.79. The van der Waals surface area contributed by atoms with Crippen LogP contribution in [0.1, 0.15) is 21.6 Å². The van der Waals surface area contributed by atoms with Crippen molar-refractivity contribution in [3.05, 3.63) is 53.3 Å². The van der Waals surface area contributed by atoms with Crippen LogP contribution < -0.4 is 0 Å². The van der Waals surface area contributed by atoms with Gasteiger partial charge in [-0.05, 0) is 18.7 Å². The molecule has 0 saturated heterocycles. The summed E-state index contributed by atoms with van der Waals surface area (Å²) in [6.45, 7) is 2.03. The molecule has 0 unspecified atom stereocenters. The highest BCUT2D eigenvalue weighted by Gasteiger charge is 2.13. The number of esters is 1. The van der Waals surface area contributed by atoms with Crippen molar-refractivity contribution in [1.29, 1.82) is 0 Å². The SMILES string of the molecule is CSc1ncc(C(=O)OCc2ccccc2)c(C)n1. The molecule has 2 aromatic rings. The topological polar surface area (TPSA) is 52.1 Å². The Balaban J connectivity index is 2.04. The number of hydrogen-bond acceptors (Lipinski definition) is 5. The van der Waals surface area contributed by atoms with E-state index in [4.69, 9.17) is 4.74 Å². The van der Waals surface area contributed by atoms with Gasteiger partial charge in [0.1, 0.15) is 6.61 Å². The molecule has 0 radical (unpaired) electrons. The van der Waals surface area contributed by atoms with Gasteiger partial charge < -0.3 is 4.74 Å². The molecule has 0 aliphatic rings. The predicted molar refractivity (Wildman–Crippen MR) is 74.1 cm³/mol. The first kappa shape index (κ1) is 13.5. The molecule has 1 heterocycles. The number of carbonyl (C=O) groups excluding carboxylic acids is 1. The second kappa shape index (κ2) is 6.33. The molecule has 5 heteroatoms. The first-order chi connectivity index (χ1) is 9.20. The van der Waals surface area contributed by atoms with Crippen LogP contribution in [0.15, 0.2) is 41.7 Å². The number of carbonyl (C=O) groups is 1. The monoisotopic (exact) mass is 274 g/mol. The van der Waals surface area contributed by atoms with E-state index in [0.29, 0.717) is 16.4 Å². The second-order valence-corrected chi connectivity index (χ2v) is 4.69. The van der Waals surface area contributed by atoms with E-state index in [9.17, 15) is 4.79 Å². The van der Waals surface area contributed by atoms with Crippen LogP contribution in [-0.2, 0) is 11.3 Å². The zero-order valence-electron chi connectivity index (χ0n) is 10.8. The Kier molecular flexibility index (Phi) is 4.52. The molecule has 0 atom stereocenters. The smallest absolute Gasteiger partial charge is 0.341 e. The molecule has 0 saturated carbocycles. The van der Waals surface area contributed by atoms with Gasteiger partial charge in [0.05, 0.1) is 11.3 Å². The van der Waals surface area contributed by atoms with E-state index in [-0.39, 0.29) is 6.61 Å². The van der Waals surface area contributed by atoms with E-state index in [1.807, 2.05) is 36.6 Å². The Morgan fingerprint density at radius 3 is 2.68 bits per heavy atom. The van der Waals surface area contributed by atoms with E-state index < -0.39 is 5.97 Å². The summed E-state index contributed by atoms with van der Waals surface area (Å²) in [5.41, 5.74) is 2.00. The third-order valence-corrected chi connectivity index (χ3v) is 3.13. The fourth-order valence-electron chi connectivity index (χ4n) is 1.55. The number of aromatic nitrogens is 2. The van der Waals surface area contributed by atoms with Gasteiger partial charge in [0.15, 0.2) is 5.16 Å². The Hall–Kier alpha value is -1.88. The van der Waals surface area contributed by atoms with E-state index in [1.54, 1.807) is 6.92 Å². The molecule has 2 rings (SSSR count). The van der Waals surface area contributed by atoms with Crippen LogP contribution in [0.2, 0.25) is 0 Å². The molecule has 0 N–H and O–H groups in total. The van der Waals surface area contributed by atoms with Gasteiger partial charge in [-0.15, -0.1) is 0 Å². The Labute approximate surface area is 116 Å². The van der Waals surface area contributed by atoms with E-state index in [0.717, 1.165) is 5.56 Å². The normalized spacial score (nSPS) is 10.2. The number of ether oxygens (including phenoxy) is 1. The summed E-state index contributed by atoms with van der Waals surface area (Å²) in [6, 6.07) is 9.56. The lowest BCUT2D eigenvalue weighted by Gasteiger charge is -2.07.